The molecule has 0 heterocycles. The van der Waals surface area contributed by atoms with Crippen LogP contribution in [-0.4, -0.2) is 9.03 Å². The normalized spacial score (nSPS) is 11.2. The molecule has 0 aliphatic carbocycles. The van der Waals surface area contributed by atoms with Gasteiger partial charge in [-0.3, -0.25) is 0 Å². The van der Waals surface area contributed by atoms with Crippen molar-refractivity contribution in [3.05, 3.63) is 12.3 Å². The summed E-state index contributed by atoms with van der Waals surface area (Å²) in [6, 6.07) is 0. The van der Waals surface area contributed by atoms with Gasteiger partial charge in [0.2, 0.25) is 0 Å². The van der Waals surface area contributed by atoms with Crippen LogP contribution in [0, 0.1) is 0 Å². The summed E-state index contributed by atoms with van der Waals surface area (Å²) in [5.74, 6) is 0. The maximum absolute atomic E-state index is 5.45. The average Bonchev–Trinajstić information content (AvgIpc) is 1.66. The molecule has 0 saturated heterocycles. The van der Waals surface area contributed by atoms with Crippen LogP contribution in [0.25, 0.3) is 0 Å². The Morgan fingerprint density at radius 1 is 1.75 bits per heavy atom. The van der Waals surface area contributed by atoms with Gasteiger partial charge in [0.05, 0.1) is 0 Å². The fraction of sp³-hybridized carbons (Fsp3) is 0. The molecule has 4 heteroatoms. The zero-order valence-electron chi connectivity index (χ0n) is 3.77. The standard InChI is InChI=1S/C4H2Cl2N.W/c5-2-1-3-7-4-6;/h1,3H;/q-1;/b3-1-;. The summed E-state index contributed by atoms with van der Waals surface area (Å²) < 4.78 is 0.751. The molecule has 0 aromatic rings. The van der Waals surface area contributed by atoms with Gasteiger partial charge in [-0.2, -0.15) is 0 Å². The molecule has 0 saturated carbocycles. The second-order valence-electron chi connectivity index (χ2n) is 0.833. The molecule has 0 bridgehead atoms. The third-order valence-corrected chi connectivity index (χ3v) is 1.04. The molecule has 44 valence electrons. The van der Waals surface area contributed by atoms with Crippen LogP contribution in [0.1, 0.15) is 0 Å². The molecule has 0 aromatic heterocycles. The Hall–Kier alpha value is 0.548. The van der Waals surface area contributed by atoms with Crippen LogP contribution in [0.4, 0.5) is 0 Å². The summed E-state index contributed by atoms with van der Waals surface area (Å²) in [6.07, 6.45) is 3.15. The van der Waals surface area contributed by atoms with Crippen LogP contribution in [0.3, 0.4) is 0 Å². The van der Waals surface area contributed by atoms with Gasteiger partial charge in [0.25, 0.3) is 0 Å². The quantitative estimate of drug-likeness (QED) is 0.541. The van der Waals surface area contributed by atoms with Crippen LogP contribution in [-0.2, 0) is 19.4 Å². The van der Waals surface area contributed by atoms with E-state index in [-0.39, 0.29) is 0 Å². The number of rotatable bonds is 2. The Bertz CT molecular complexity index is 130. The summed E-state index contributed by atoms with van der Waals surface area (Å²) in [6.45, 7) is 0. The minimum atomic E-state index is 0.751. The third-order valence-electron chi connectivity index (χ3n) is 0.329. The van der Waals surface area contributed by atoms with E-state index in [0.29, 0.717) is 0 Å². The zero-order valence-corrected chi connectivity index (χ0v) is 8.21. The van der Waals surface area contributed by atoms with Crippen LogP contribution < -0.4 is 0 Å². The number of hydrogen-bond acceptors (Lipinski definition) is 1. The molecule has 0 amide bonds. The molecule has 0 aromatic carbocycles. The predicted molar refractivity (Wildman–Crippen MR) is 33.3 cm³/mol. The van der Waals surface area contributed by atoms with Gasteiger partial charge >= 0.3 is 68.9 Å². The van der Waals surface area contributed by atoms with Crippen LogP contribution >= 0.6 is 23.2 Å². The van der Waals surface area contributed by atoms with Crippen molar-refractivity contribution in [2.45, 2.75) is 0 Å². The molecular formula is C4H2Cl2NW-. The molecule has 0 unspecified atom stereocenters. The molecule has 0 atom stereocenters. The van der Waals surface area contributed by atoms with Gasteiger partial charge in [0, 0.05) is 0 Å². The van der Waals surface area contributed by atoms with E-state index in [9.17, 15) is 0 Å². The Balaban J connectivity index is 3.50. The van der Waals surface area contributed by atoms with Crippen LogP contribution in [0.2, 0.25) is 0 Å². The van der Waals surface area contributed by atoms with Gasteiger partial charge < -0.3 is 0 Å². The summed E-state index contributed by atoms with van der Waals surface area (Å²) in [4.78, 5) is 3.45. The second-order valence-corrected chi connectivity index (χ2v) is 3.88. The third kappa shape index (κ3) is 6.55. The van der Waals surface area contributed by atoms with Crippen LogP contribution in [0.15, 0.2) is 17.3 Å². The molecule has 0 aliphatic rings. The van der Waals surface area contributed by atoms with Crippen molar-refractivity contribution in [2.75, 3.05) is 0 Å². The van der Waals surface area contributed by atoms with E-state index < -0.39 is 0 Å². The van der Waals surface area contributed by atoms with Crippen molar-refractivity contribution in [3.63, 3.8) is 0 Å². The Labute approximate surface area is 68.8 Å². The van der Waals surface area contributed by atoms with Gasteiger partial charge in [-0.05, 0) is 0 Å². The Kier molecular flexibility index (Phi) is 6.07. The first kappa shape index (κ1) is 8.55. The summed E-state index contributed by atoms with van der Waals surface area (Å²) >= 11 is 11.6. The molecule has 0 fully saturated rings. The van der Waals surface area contributed by atoms with E-state index in [1.54, 1.807) is 6.08 Å². The molecule has 0 aliphatic heterocycles. The summed E-state index contributed by atoms with van der Waals surface area (Å²) in [7, 11) is 0. The number of halogens is 2. The van der Waals surface area contributed by atoms with Gasteiger partial charge in [-0.25, -0.2) is 0 Å². The second kappa shape index (κ2) is 5.68. The molecular weight excluding hydrogens is 317 g/mol. The van der Waals surface area contributed by atoms with Gasteiger partial charge in [-0.15, -0.1) is 0 Å². The van der Waals surface area contributed by atoms with Crippen LogP contribution in [0.5, 0.6) is 0 Å². The van der Waals surface area contributed by atoms with E-state index in [0.717, 1.165) is 3.36 Å². The van der Waals surface area contributed by atoms with Crippen molar-refractivity contribution in [1.29, 1.82) is 0 Å². The number of nitrogens with zero attached hydrogens (tertiary/aromatic N) is 1. The molecule has 0 rings (SSSR count). The van der Waals surface area contributed by atoms with Crippen molar-refractivity contribution in [1.82, 2.24) is 0 Å². The van der Waals surface area contributed by atoms with E-state index in [4.69, 9.17) is 23.2 Å². The summed E-state index contributed by atoms with van der Waals surface area (Å²) in [5.41, 5.74) is 2.07. The van der Waals surface area contributed by atoms with Crippen molar-refractivity contribution >= 4 is 32.2 Å². The van der Waals surface area contributed by atoms with Gasteiger partial charge in [-0.1, -0.05) is 0 Å². The molecule has 0 spiro atoms. The van der Waals surface area contributed by atoms with E-state index in [2.05, 4.69) is 10.7 Å². The number of allylic oxidation sites excluding steroid dienone is 1. The minimum absolute atomic E-state index is 0.751. The molecule has 0 N–H and O–H groups in total. The van der Waals surface area contributed by atoms with Gasteiger partial charge in [0.1, 0.15) is 0 Å². The molecule has 1 nitrogen and oxygen atoms in total. The number of aliphatic imine (C=N–C) groups is 1. The van der Waals surface area contributed by atoms with E-state index >= 15 is 0 Å². The first-order chi connectivity index (χ1) is 3.77. The fourth-order valence-corrected chi connectivity index (χ4v) is 0.455. The SMILES string of the molecule is Cl[C-]=N/C=C\[C](Cl)=[W]. The zero-order chi connectivity index (χ0) is 6.41. The Morgan fingerprint density at radius 2 is 2.38 bits per heavy atom. The van der Waals surface area contributed by atoms with Crippen molar-refractivity contribution in [2.24, 2.45) is 4.99 Å². The summed E-state index contributed by atoms with van der Waals surface area (Å²) in [5, 5.41) is 0. The van der Waals surface area contributed by atoms with Crippen molar-refractivity contribution in [3.8, 4) is 0 Å². The van der Waals surface area contributed by atoms with Crippen molar-refractivity contribution < 1.29 is 19.4 Å². The average molecular weight is 319 g/mol. The Morgan fingerprint density at radius 3 is 2.75 bits per heavy atom. The van der Waals surface area contributed by atoms with Gasteiger partial charge in [0.15, 0.2) is 0 Å². The monoisotopic (exact) mass is 318 g/mol. The first-order valence-electron chi connectivity index (χ1n) is 1.69. The topological polar surface area (TPSA) is 12.4 Å². The first-order valence-corrected chi connectivity index (χ1v) is 3.91. The van der Waals surface area contributed by atoms with E-state index in [1.807, 2.05) is 0 Å². The molecule has 0 radical (unpaired) electrons. The number of hydrogen-bond donors (Lipinski definition) is 0. The maximum atomic E-state index is 5.45. The molecule has 8 heavy (non-hydrogen) atoms. The van der Waals surface area contributed by atoms with E-state index in [1.165, 1.54) is 25.6 Å². The predicted octanol–water partition coefficient (Wildman–Crippen LogP) is 1.56. The fourth-order valence-electron chi connectivity index (χ4n) is 0.124.